The number of hydrogen-bond acceptors (Lipinski definition) is 5. The number of fused-ring (bicyclic) bond motifs is 2. The number of H-pyrrole nitrogens is 1. The second-order valence-electron chi connectivity index (χ2n) is 5.64. The maximum Gasteiger partial charge on any atom is 0.410 e. The summed E-state index contributed by atoms with van der Waals surface area (Å²) in [6.07, 6.45) is 4.13. The topological polar surface area (TPSA) is 74.3 Å². The number of carbonyl (C=O) groups is 1. The number of cyclic esters (lactones) is 1. The van der Waals surface area contributed by atoms with Crippen LogP contribution in [0.5, 0.6) is 0 Å². The maximum absolute atomic E-state index is 11.8. The minimum absolute atomic E-state index is 0.189. The highest BCUT2D eigenvalue weighted by atomic mass is 16.6. The Labute approximate surface area is 121 Å². The minimum Gasteiger partial charge on any atom is -0.447 e. The van der Waals surface area contributed by atoms with Crippen molar-refractivity contribution >= 4 is 22.9 Å². The summed E-state index contributed by atoms with van der Waals surface area (Å²) in [5, 5.41) is 1.02. The van der Waals surface area contributed by atoms with E-state index in [0.717, 1.165) is 36.4 Å². The minimum atomic E-state index is -0.233. The van der Waals surface area contributed by atoms with Gasteiger partial charge in [-0.2, -0.15) is 0 Å². The Bertz CT molecular complexity index is 699. The molecule has 7 nitrogen and oxygen atoms in total. The van der Waals surface area contributed by atoms with Crippen LogP contribution in [0.25, 0.3) is 11.0 Å². The molecule has 1 amide bonds. The number of aromatic nitrogens is 3. The fourth-order valence-electron chi connectivity index (χ4n) is 3.36. The van der Waals surface area contributed by atoms with E-state index in [9.17, 15) is 4.79 Å². The molecule has 110 valence electrons. The Kier molecular flexibility index (Phi) is 2.57. The van der Waals surface area contributed by atoms with E-state index < -0.39 is 0 Å². The van der Waals surface area contributed by atoms with Crippen LogP contribution < -0.4 is 4.90 Å². The molecule has 0 radical (unpaired) electrons. The van der Waals surface area contributed by atoms with Gasteiger partial charge >= 0.3 is 6.09 Å². The Balaban J connectivity index is 1.71. The molecule has 4 rings (SSSR count). The van der Waals surface area contributed by atoms with Crippen LogP contribution in [0.2, 0.25) is 0 Å². The van der Waals surface area contributed by atoms with Crippen LogP contribution in [-0.2, 0) is 4.74 Å². The molecular weight excluding hydrogens is 270 g/mol. The van der Waals surface area contributed by atoms with Crippen molar-refractivity contribution in [3.63, 3.8) is 0 Å². The first-order valence-electron chi connectivity index (χ1n) is 7.21. The molecule has 0 spiro atoms. The van der Waals surface area contributed by atoms with Gasteiger partial charge in [-0.15, -0.1) is 0 Å². The standard InChI is InChI=1S/C14H17N5O2/c1-2-14-7-18(5-6-19(14)13(20)21-8-14)12-10-3-4-15-11(10)16-9-17-12/h3-4,9H,2,5-8H2,1H3,(H,15,16,17). The zero-order valence-corrected chi connectivity index (χ0v) is 11.9. The summed E-state index contributed by atoms with van der Waals surface area (Å²) in [7, 11) is 0. The maximum atomic E-state index is 11.8. The van der Waals surface area contributed by atoms with E-state index in [0.29, 0.717) is 13.2 Å². The molecule has 0 aliphatic carbocycles. The van der Waals surface area contributed by atoms with Gasteiger partial charge in [-0.25, -0.2) is 14.8 Å². The van der Waals surface area contributed by atoms with Gasteiger partial charge in [0, 0.05) is 25.8 Å². The van der Waals surface area contributed by atoms with Crippen molar-refractivity contribution in [3.8, 4) is 0 Å². The molecule has 21 heavy (non-hydrogen) atoms. The normalized spacial score (nSPS) is 25.3. The molecule has 1 unspecified atom stereocenters. The molecule has 0 aromatic carbocycles. The van der Waals surface area contributed by atoms with Crippen molar-refractivity contribution < 1.29 is 9.53 Å². The number of nitrogens with one attached hydrogen (secondary N) is 1. The number of rotatable bonds is 2. The number of hydrogen-bond donors (Lipinski definition) is 1. The first kappa shape index (κ1) is 12.4. The summed E-state index contributed by atoms with van der Waals surface area (Å²) in [6, 6.07) is 1.99. The summed E-state index contributed by atoms with van der Waals surface area (Å²) in [4.78, 5) is 27.7. The van der Waals surface area contributed by atoms with E-state index >= 15 is 0 Å². The number of piperazine rings is 1. The van der Waals surface area contributed by atoms with Gasteiger partial charge in [-0.1, -0.05) is 6.92 Å². The second-order valence-corrected chi connectivity index (χ2v) is 5.64. The highest BCUT2D eigenvalue weighted by molar-refractivity contribution is 5.87. The smallest absolute Gasteiger partial charge is 0.410 e. The van der Waals surface area contributed by atoms with E-state index in [-0.39, 0.29) is 11.6 Å². The van der Waals surface area contributed by atoms with E-state index in [4.69, 9.17) is 4.74 Å². The van der Waals surface area contributed by atoms with E-state index in [1.807, 2.05) is 17.2 Å². The first-order chi connectivity index (χ1) is 10.2. The highest BCUT2D eigenvalue weighted by Crippen LogP contribution is 2.34. The van der Waals surface area contributed by atoms with Gasteiger partial charge in [0.25, 0.3) is 0 Å². The Morgan fingerprint density at radius 1 is 1.43 bits per heavy atom. The first-order valence-corrected chi connectivity index (χ1v) is 7.21. The molecule has 0 bridgehead atoms. The van der Waals surface area contributed by atoms with Crippen molar-refractivity contribution in [2.75, 3.05) is 31.1 Å². The lowest BCUT2D eigenvalue weighted by Crippen LogP contribution is -2.61. The van der Waals surface area contributed by atoms with Crippen LogP contribution in [-0.4, -0.2) is 57.7 Å². The van der Waals surface area contributed by atoms with Crippen LogP contribution in [0.3, 0.4) is 0 Å². The van der Waals surface area contributed by atoms with E-state index in [1.165, 1.54) is 0 Å². The number of anilines is 1. The SMILES string of the molecule is CCC12COC(=O)N1CCN(c1ncnc3[nH]ccc13)C2. The van der Waals surface area contributed by atoms with Crippen molar-refractivity contribution in [3.05, 3.63) is 18.6 Å². The van der Waals surface area contributed by atoms with Crippen LogP contribution >= 0.6 is 0 Å². The highest BCUT2D eigenvalue weighted by Gasteiger charge is 2.49. The number of nitrogens with zero attached hydrogens (tertiary/aromatic N) is 4. The van der Waals surface area contributed by atoms with Crippen LogP contribution in [0, 0.1) is 0 Å². The molecule has 2 aromatic rings. The Morgan fingerprint density at radius 2 is 2.33 bits per heavy atom. The van der Waals surface area contributed by atoms with Crippen molar-refractivity contribution in [2.24, 2.45) is 0 Å². The quantitative estimate of drug-likeness (QED) is 0.903. The zero-order valence-electron chi connectivity index (χ0n) is 11.9. The van der Waals surface area contributed by atoms with Gasteiger partial charge in [-0.3, -0.25) is 4.90 Å². The van der Waals surface area contributed by atoms with Gasteiger partial charge in [0.15, 0.2) is 0 Å². The van der Waals surface area contributed by atoms with E-state index in [2.05, 4.69) is 26.8 Å². The fourth-order valence-corrected chi connectivity index (χ4v) is 3.36. The molecule has 2 aliphatic heterocycles. The number of ether oxygens (including phenoxy) is 1. The molecule has 1 N–H and O–H groups in total. The van der Waals surface area contributed by atoms with Gasteiger partial charge in [0.1, 0.15) is 24.4 Å². The molecule has 2 aliphatic rings. The third-order valence-electron chi connectivity index (χ3n) is 4.63. The van der Waals surface area contributed by atoms with E-state index in [1.54, 1.807) is 6.33 Å². The lowest BCUT2D eigenvalue weighted by atomic mass is 9.93. The fraction of sp³-hybridized carbons (Fsp3) is 0.500. The summed E-state index contributed by atoms with van der Waals surface area (Å²) in [5.74, 6) is 0.924. The summed E-state index contributed by atoms with van der Waals surface area (Å²) >= 11 is 0. The van der Waals surface area contributed by atoms with Gasteiger partial charge in [0.2, 0.25) is 0 Å². The summed E-state index contributed by atoms with van der Waals surface area (Å²) < 4.78 is 5.27. The van der Waals surface area contributed by atoms with Crippen LogP contribution in [0.1, 0.15) is 13.3 Å². The zero-order chi connectivity index (χ0) is 14.4. The lowest BCUT2D eigenvalue weighted by Gasteiger charge is -2.44. The average Bonchev–Trinajstić information content (AvgIpc) is 3.12. The lowest BCUT2D eigenvalue weighted by molar-refractivity contribution is 0.137. The largest absolute Gasteiger partial charge is 0.447 e. The molecule has 2 saturated heterocycles. The molecule has 2 fully saturated rings. The Hall–Kier alpha value is -2.31. The van der Waals surface area contributed by atoms with Crippen molar-refractivity contribution in [2.45, 2.75) is 18.9 Å². The van der Waals surface area contributed by atoms with Gasteiger partial charge in [-0.05, 0) is 12.5 Å². The number of aromatic amines is 1. The molecule has 1 atom stereocenters. The van der Waals surface area contributed by atoms with Gasteiger partial charge < -0.3 is 14.6 Å². The van der Waals surface area contributed by atoms with Gasteiger partial charge in [0.05, 0.1) is 10.9 Å². The number of amides is 1. The van der Waals surface area contributed by atoms with Crippen LogP contribution in [0.15, 0.2) is 18.6 Å². The Morgan fingerprint density at radius 3 is 3.19 bits per heavy atom. The molecule has 4 heterocycles. The number of carbonyl (C=O) groups excluding carboxylic acids is 1. The third kappa shape index (κ3) is 1.69. The van der Waals surface area contributed by atoms with Crippen molar-refractivity contribution in [1.29, 1.82) is 0 Å². The average molecular weight is 287 g/mol. The van der Waals surface area contributed by atoms with Crippen LogP contribution in [0.4, 0.5) is 10.6 Å². The predicted octanol–water partition coefficient (Wildman–Crippen LogP) is 1.38. The third-order valence-corrected chi connectivity index (χ3v) is 4.63. The summed E-state index contributed by atoms with van der Waals surface area (Å²) in [5.41, 5.74) is 0.606. The van der Waals surface area contributed by atoms with Crippen molar-refractivity contribution in [1.82, 2.24) is 19.9 Å². The second kappa shape index (κ2) is 4.34. The molecule has 0 saturated carbocycles. The molecule has 2 aromatic heterocycles. The molecule has 7 heteroatoms. The summed E-state index contributed by atoms with van der Waals surface area (Å²) in [6.45, 7) is 4.73. The predicted molar refractivity (Wildman–Crippen MR) is 77.2 cm³/mol. The monoisotopic (exact) mass is 287 g/mol. The molecular formula is C14H17N5O2.